The lowest BCUT2D eigenvalue weighted by Gasteiger charge is -2.16. The fourth-order valence-corrected chi connectivity index (χ4v) is 2.98. The second-order valence-corrected chi connectivity index (χ2v) is 6.09. The Kier molecular flexibility index (Phi) is 5.05. The summed E-state index contributed by atoms with van der Waals surface area (Å²) in [5.74, 6) is 1.49. The van der Waals surface area contributed by atoms with Gasteiger partial charge in [0, 0.05) is 6.54 Å². The average Bonchev–Trinajstić information content (AvgIpc) is 3.03. The molecule has 2 aliphatic rings. The van der Waals surface area contributed by atoms with Gasteiger partial charge in [0.2, 0.25) is 6.79 Å². The lowest BCUT2D eigenvalue weighted by Crippen LogP contribution is -2.37. The molecular formula is C18H24N2O3. The fourth-order valence-electron chi connectivity index (χ4n) is 2.98. The van der Waals surface area contributed by atoms with Gasteiger partial charge in [-0.15, -0.1) is 0 Å². The third-order valence-corrected chi connectivity index (χ3v) is 4.36. The maximum atomic E-state index is 12.0. The molecule has 1 atom stereocenters. The number of benzene rings is 1. The minimum Gasteiger partial charge on any atom is -0.454 e. The van der Waals surface area contributed by atoms with Gasteiger partial charge in [-0.1, -0.05) is 17.7 Å². The van der Waals surface area contributed by atoms with E-state index in [1.165, 1.54) is 31.3 Å². The highest BCUT2D eigenvalue weighted by Gasteiger charge is 2.16. The monoisotopic (exact) mass is 316 g/mol. The predicted octanol–water partition coefficient (Wildman–Crippen LogP) is 3.67. The molecule has 1 aromatic rings. The van der Waals surface area contributed by atoms with Crippen LogP contribution in [0.3, 0.4) is 0 Å². The first-order valence-corrected chi connectivity index (χ1v) is 8.34. The summed E-state index contributed by atoms with van der Waals surface area (Å²) in [4.78, 5) is 12.0. The molecule has 0 saturated carbocycles. The molecule has 0 aromatic heterocycles. The zero-order valence-electron chi connectivity index (χ0n) is 13.6. The SMILES string of the molecule is CC(NC(=O)NCCC1=CCCCC1)c1ccc2c(c1)OCO2. The first kappa shape index (κ1) is 15.7. The van der Waals surface area contributed by atoms with E-state index in [4.69, 9.17) is 9.47 Å². The van der Waals surface area contributed by atoms with Crippen molar-refractivity contribution in [3.8, 4) is 11.5 Å². The van der Waals surface area contributed by atoms with Gasteiger partial charge < -0.3 is 20.1 Å². The number of rotatable bonds is 5. The molecule has 1 aromatic carbocycles. The Morgan fingerprint density at radius 2 is 2.13 bits per heavy atom. The number of carbonyl (C=O) groups excluding carboxylic acids is 1. The molecular weight excluding hydrogens is 292 g/mol. The molecule has 23 heavy (non-hydrogen) atoms. The highest BCUT2D eigenvalue weighted by atomic mass is 16.7. The van der Waals surface area contributed by atoms with Crippen LogP contribution in [0.5, 0.6) is 11.5 Å². The van der Waals surface area contributed by atoms with Crippen LogP contribution in [0.1, 0.15) is 50.6 Å². The van der Waals surface area contributed by atoms with Crippen molar-refractivity contribution >= 4 is 6.03 Å². The molecule has 2 N–H and O–H groups in total. The molecule has 1 heterocycles. The van der Waals surface area contributed by atoms with Gasteiger partial charge in [-0.3, -0.25) is 0 Å². The Bertz CT molecular complexity index is 598. The van der Waals surface area contributed by atoms with Crippen molar-refractivity contribution in [3.05, 3.63) is 35.4 Å². The first-order valence-electron chi connectivity index (χ1n) is 8.34. The Morgan fingerprint density at radius 1 is 1.26 bits per heavy atom. The smallest absolute Gasteiger partial charge is 0.315 e. The van der Waals surface area contributed by atoms with E-state index in [0.717, 1.165) is 23.5 Å². The Balaban J connectivity index is 1.44. The Hall–Kier alpha value is -2.17. The normalized spacial score (nSPS) is 17.3. The zero-order valence-corrected chi connectivity index (χ0v) is 13.6. The largest absolute Gasteiger partial charge is 0.454 e. The molecule has 0 fully saturated rings. The lowest BCUT2D eigenvalue weighted by atomic mass is 9.97. The summed E-state index contributed by atoms with van der Waals surface area (Å²) >= 11 is 0. The summed E-state index contributed by atoms with van der Waals surface area (Å²) in [5, 5.41) is 5.90. The summed E-state index contributed by atoms with van der Waals surface area (Å²) in [7, 11) is 0. The number of allylic oxidation sites excluding steroid dienone is 1. The van der Waals surface area contributed by atoms with Gasteiger partial charge in [-0.2, -0.15) is 0 Å². The molecule has 1 aliphatic carbocycles. The number of fused-ring (bicyclic) bond motifs is 1. The number of urea groups is 1. The third-order valence-electron chi connectivity index (χ3n) is 4.36. The number of nitrogens with one attached hydrogen (secondary N) is 2. The Labute approximate surface area is 137 Å². The summed E-state index contributed by atoms with van der Waals surface area (Å²) < 4.78 is 10.7. The molecule has 0 bridgehead atoms. The molecule has 5 nitrogen and oxygen atoms in total. The van der Waals surface area contributed by atoms with Crippen molar-refractivity contribution < 1.29 is 14.3 Å². The van der Waals surface area contributed by atoms with Gasteiger partial charge in [-0.25, -0.2) is 4.79 Å². The van der Waals surface area contributed by atoms with Crippen molar-refractivity contribution in [2.24, 2.45) is 0 Å². The van der Waals surface area contributed by atoms with Crippen LogP contribution in [0.15, 0.2) is 29.8 Å². The number of amides is 2. The summed E-state index contributed by atoms with van der Waals surface area (Å²) in [6, 6.07) is 5.53. The molecule has 1 aliphatic heterocycles. The standard InChI is InChI=1S/C18H24N2O3/c1-13(15-7-8-16-17(11-15)23-12-22-16)20-18(21)19-10-9-14-5-3-2-4-6-14/h5,7-8,11,13H,2-4,6,9-10,12H2,1H3,(H2,19,20,21). The van der Waals surface area contributed by atoms with E-state index in [2.05, 4.69) is 16.7 Å². The maximum Gasteiger partial charge on any atom is 0.315 e. The predicted molar refractivity (Wildman–Crippen MR) is 88.7 cm³/mol. The minimum atomic E-state index is -0.133. The van der Waals surface area contributed by atoms with Crippen molar-refractivity contribution in [3.63, 3.8) is 0 Å². The van der Waals surface area contributed by atoms with Crippen LogP contribution in [0.4, 0.5) is 4.79 Å². The summed E-state index contributed by atoms with van der Waals surface area (Å²) in [6.45, 7) is 2.91. The molecule has 0 spiro atoms. The number of carbonyl (C=O) groups is 1. The third kappa shape index (κ3) is 4.18. The van der Waals surface area contributed by atoms with Gasteiger partial charge in [-0.05, 0) is 56.7 Å². The van der Waals surface area contributed by atoms with Gasteiger partial charge >= 0.3 is 6.03 Å². The second kappa shape index (κ2) is 7.40. The van der Waals surface area contributed by atoms with Gasteiger partial charge in [0.1, 0.15) is 0 Å². The maximum absolute atomic E-state index is 12.0. The van der Waals surface area contributed by atoms with Crippen LogP contribution in [0, 0.1) is 0 Å². The van der Waals surface area contributed by atoms with Crippen molar-refractivity contribution in [2.45, 2.75) is 45.1 Å². The zero-order chi connectivity index (χ0) is 16.1. The van der Waals surface area contributed by atoms with Crippen molar-refractivity contribution in [1.29, 1.82) is 0 Å². The number of hydrogen-bond acceptors (Lipinski definition) is 3. The van der Waals surface area contributed by atoms with E-state index in [1.54, 1.807) is 0 Å². The van der Waals surface area contributed by atoms with E-state index in [-0.39, 0.29) is 18.9 Å². The number of ether oxygens (including phenoxy) is 2. The molecule has 1 unspecified atom stereocenters. The molecule has 0 radical (unpaired) electrons. The van der Waals surface area contributed by atoms with Gasteiger partial charge in [0.05, 0.1) is 6.04 Å². The topological polar surface area (TPSA) is 59.6 Å². The van der Waals surface area contributed by atoms with E-state index in [1.807, 2.05) is 25.1 Å². The van der Waals surface area contributed by atoms with Crippen LogP contribution in [-0.4, -0.2) is 19.4 Å². The highest BCUT2D eigenvalue weighted by molar-refractivity contribution is 5.74. The quantitative estimate of drug-likeness (QED) is 0.815. The molecule has 3 rings (SSSR count). The fraction of sp³-hybridized carbons (Fsp3) is 0.500. The first-order chi connectivity index (χ1) is 11.2. The molecule has 5 heteroatoms. The summed E-state index contributed by atoms with van der Waals surface area (Å²) in [5.41, 5.74) is 2.47. The van der Waals surface area contributed by atoms with Gasteiger partial charge in [0.15, 0.2) is 11.5 Å². The minimum absolute atomic E-state index is 0.0848. The van der Waals surface area contributed by atoms with Crippen LogP contribution in [-0.2, 0) is 0 Å². The van der Waals surface area contributed by atoms with E-state index in [0.29, 0.717) is 6.54 Å². The van der Waals surface area contributed by atoms with Crippen molar-refractivity contribution in [2.75, 3.05) is 13.3 Å². The average molecular weight is 316 g/mol. The van der Waals surface area contributed by atoms with Crippen LogP contribution < -0.4 is 20.1 Å². The van der Waals surface area contributed by atoms with E-state index < -0.39 is 0 Å². The lowest BCUT2D eigenvalue weighted by molar-refractivity contribution is 0.174. The highest BCUT2D eigenvalue weighted by Crippen LogP contribution is 2.34. The van der Waals surface area contributed by atoms with E-state index in [9.17, 15) is 4.79 Å². The van der Waals surface area contributed by atoms with Crippen molar-refractivity contribution in [1.82, 2.24) is 10.6 Å². The van der Waals surface area contributed by atoms with Gasteiger partial charge in [0.25, 0.3) is 0 Å². The van der Waals surface area contributed by atoms with E-state index >= 15 is 0 Å². The number of hydrogen-bond donors (Lipinski definition) is 2. The molecule has 124 valence electrons. The Morgan fingerprint density at radius 3 is 2.96 bits per heavy atom. The van der Waals surface area contributed by atoms with Crippen LogP contribution >= 0.6 is 0 Å². The molecule has 0 saturated heterocycles. The molecule has 2 amide bonds. The van der Waals surface area contributed by atoms with Crippen LogP contribution in [0.25, 0.3) is 0 Å². The van der Waals surface area contributed by atoms with Crippen LogP contribution in [0.2, 0.25) is 0 Å². The summed E-state index contributed by atoms with van der Waals surface area (Å²) in [6.07, 6.45) is 8.20. The second-order valence-electron chi connectivity index (χ2n) is 6.09.